The third-order valence-corrected chi connectivity index (χ3v) is 1.60. The minimum atomic E-state index is -1.38. The zero-order chi connectivity index (χ0) is 11.8. The molecule has 0 aliphatic carbocycles. The predicted octanol–water partition coefficient (Wildman–Crippen LogP) is -5.92. The van der Waals surface area contributed by atoms with Gasteiger partial charge in [-0.3, -0.25) is 16.5 Å². The van der Waals surface area contributed by atoms with Crippen molar-refractivity contribution in [2.45, 2.75) is 18.9 Å². The molecule has 0 aromatic carbocycles. The standard InChI is InChI=1S/C7H15N5O3.H2O/c8-6(9)11-3-1-2-4(5(13)14)12-7(10)15;/h4H,1-3H2,(H,13,14)(H4,8,9,11)(H3,10,12,15);1H2/t4-;/m0./s1. The molecule has 0 fully saturated rings. The van der Waals surface area contributed by atoms with Crippen molar-refractivity contribution in [1.82, 2.24) is 5.32 Å². The normalized spacial score (nSPS) is 10.8. The molecule has 0 rings (SSSR count). The van der Waals surface area contributed by atoms with Crippen molar-refractivity contribution in [3.63, 3.8) is 0 Å². The molecule has 10 N–H and O–H groups in total. The van der Waals surface area contributed by atoms with E-state index >= 15 is 0 Å². The van der Waals surface area contributed by atoms with Gasteiger partial charge in [0, 0.05) is 0 Å². The summed E-state index contributed by atoms with van der Waals surface area (Å²) in [7, 11) is 0. The van der Waals surface area contributed by atoms with Crippen LogP contribution in [0.2, 0.25) is 0 Å². The van der Waals surface area contributed by atoms with Crippen molar-refractivity contribution in [2.75, 3.05) is 6.54 Å². The number of amides is 2. The largest absolute Gasteiger partial charge is 0.548 e. The van der Waals surface area contributed by atoms with Gasteiger partial charge >= 0.3 is 12.0 Å². The van der Waals surface area contributed by atoms with Crippen LogP contribution in [0, 0.1) is 0 Å². The Labute approximate surface area is 92.0 Å². The van der Waals surface area contributed by atoms with Gasteiger partial charge in [0.15, 0.2) is 0 Å². The zero-order valence-corrected chi connectivity index (χ0v) is 8.66. The quantitative estimate of drug-likeness (QED) is 0.173. The first-order chi connectivity index (χ1) is 6.93. The van der Waals surface area contributed by atoms with Crippen LogP contribution >= 0.6 is 0 Å². The number of carboxylic acids is 1. The molecule has 0 unspecified atom stereocenters. The Balaban J connectivity index is 0. The summed E-state index contributed by atoms with van der Waals surface area (Å²) in [5.74, 6) is -1.32. The lowest BCUT2D eigenvalue weighted by Crippen LogP contribution is -2.78. The number of nitrogens with one attached hydrogen (secondary N) is 2. The molecule has 0 aromatic heterocycles. The minimum Gasteiger partial charge on any atom is -0.548 e. The van der Waals surface area contributed by atoms with E-state index in [9.17, 15) is 14.7 Å². The number of carboxylic acid groups (broad SMARTS) is 1. The second-order valence-electron chi connectivity index (χ2n) is 2.90. The van der Waals surface area contributed by atoms with Crippen LogP contribution in [0.1, 0.15) is 12.8 Å². The highest BCUT2D eigenvalue weighted by molar-refractivity contribution is 5.80. The first-order valence-electron chi connectivity index (χ1n) is 4.32. The monoisotopic (exact) mass is 235 g/mol. The highest BCUT2D eigenvalue weighted by atomic mass is 16.4. The molecule has 2 amide bonds. The molecule has 0 radical (unpaired) electrons. The van der Waals surface area contributed by atoms with Crippen LogP contribution in [0.5, 0.6) is 0 Å². The molecule has 0 aliphatic heterocycles. The van der Waals surface area contributed by atoms with Crippen LogP contribution in [0.25, 0.3) is 0 Å². The fourth-order valence-corrected chi connectivity index (χ4v) is 0.960. The number of hydrogen-bond acceptors (Lipinski definition) is 3. The van der Waals surface area contributed by atoms with Gasteiger partial charge in [-0.25, -0.2) is 4.79 Å². The zero-order valence-electron chi connectivity index (χ0n) is 8.66. The summed E-state index contributed by atoms with van der Waals surface area (Å²) < 4.78 is 0. The van der Waals surface area contributed by atoms with Crippen molar-refractivity contribution in [2.24, 2.45) is 17.2 Å². The van der Waals surface area contributed by atoms with Gasteiger partial charge in [0.2, 0.25) is 0 Å². The smallest absolute Gasteiger partial charge is 0.338 e. The highest BCUT2D eigenvalue weighted by Gasteiger charge is 2.10. The molecule has 9 nitrogen and oxygen atoms in total. The van der Waals surface area contributed by atoms with Gasteiger partial charge in [-0.15, -0.1) is 0 Å². The van der Waals surface area contributed by atoms with Gasteiger partial charge in [-0.05, 0) is 12.8 Å². The van der Waals surface area contributed by atoms with E-state index in [0.29, 0.717) is 13.0 Å². The van der Waals surface area contributed by atoms with E-state index in [1.165, 1.54) is 0 Å². The number of aliphatic carboxylic acids is 1. The molecule has 94 valence electrons. The van der Waals surface area contributed by atoms with Crippen molar-refractivity contribution < 1.29 is 25.2 Å². The summed E-state index contributed by atoms with van der Waals surface area (Å²) >= 11 is 0. The Bertz CT molecular complexity index is 264. The van der Waals surface area contributed by atoms with E-state index in [2.05, 4.69) is 4.99 Å². The Morgan fingerprint density at radius 2 is 1.88 bits per heavy atom. The molecule has 0 heterocycles. The van der Waals surface area contributed by atoms with E-state index in [1.54, 1.807) is 0 Å². The lowest BCUT2D eigenvalue weighted by Gasteiger charge is -2.17. The molecule has 1 atom stereocenters. The topological polar surface area (TPSA) is 193 Å². The summed E-state index contributed by atoms with van der Waals surface area (Å²) in [5.41, 5.74) is 15.0. The maximum atomic E-state index is 10.5. The van der Waals surface area contributed by atoms with Crippen molar-refractivity contribution >= 4 is 18.0 Å². The molecule has 0 spiro atoms. The van der Waals surface area contributed by atoms with Gasteiger partial charge in [-0.1, -0.05) is 0 Å². The molecule has 0 aromatic rings. The van der Waals surface area contributed by atoms with E-state index in [4.69, 9.17) is 17.2 Å². The van der Waals surface area contributed by atoms with E-state index in [-0.39, 0.29) is 17.9 Å². The summed E-state index contributed by atoms with van der Waals surface area (Å²) in [4.78, 5) is 23.5. The Morgan fingerprint density at radius 3 is 2.25 bits per heavy atom. The lowest BCUT2D eigenvalue weighted by molar-refractivity contribution is -0.459. The second kappa shape index (κ2) is 8.29. The Hall–Kier alpha value is -2.03. The summed E-state index contributed by atoms with van der Waals surface area (Å²) in [5, 5.41) is 12.6. The average molecular weight is 235 g/mol. The van der Waals surface area contributed by atoms with E-state index < -0.39 is 18.0 Å². The Kier molecular flexibility index (Phi) is 8.50. The van der Waals surface area contributed by atoms with Crippen LogP contribution in [-0.4, -0.2) is 36.0 Å². The number of hydrogen-bond donors (Lipinski definition) is 5. The molecule has 0 saturated heterocycles. The number of rotatable bonds is 6. The number of carbonyl (C=O) groups is 2. The predicted molar refractivity (Wildman–Crippen MR) is 53.6 cm³/mol. The maximum absolute atomic E-state index is 10.5. The molecule has 0 bridgehead atoms. The van der Waals surface area contributed by atoms with Crippen LogP contribution in [0.15, 0.2) is 0 Å². The number of guanidine groups is 1. The van der Waals surface area contributed by atoms with E-state index in [0.717, 1.165) is 0 Å². The van der Waals surface area contributed by atoms with Gasteiger partial charge in [0.05, 0.1) is 18.6 Å². The number of nitrogens with two attached hydrogens (primary N) is 3. The second-order valence-corrected chi connectivity index (χ2v) is 2.90. The van der Waals surface area contributed by atoms with Crippen LogP contribution in [-0.2, 0) is 4.79 Å². The van der Waals surface area contributed by atoms with E-state index in [1.807, 2.05) is 5.32 Å². The fourth-order valence-electron chi connectivity index (χ4n) is 0.960. The van der Waals surface area contributed by atoms with Crippen molar-refractivity contribution in [1.29, 1.82) is 0 Å². The molecule has 0 aliphatic rings. The van der Waals surface area contributed by atoms with Crippen LogP contribution < -0.4 is 32.6 Å². The van der Waals surface area contributed by atoms with Gasteiger partial charge in [0.25, 0.3) is 0 Å². The molecule has 0 saturated carbocycles. The van der Waals surface area contributed by atoms with Gasteiger partial charge in [-0.2, -0.15) is 0 Å². The molecular formula is C7H17N5O4. The third-order valence-electron chi connectivity index (χ3n) is 1.60. The third kappa shape index (κ3) is 8.56. The molecular weight excluding hydrogens is 218 g/mol. The van der Waals surface area contributed by atoms with Crippen molar-refractivity contribution in [3.05, 3.63) is 0 Å². The minimum absolute atomic E-state index is 0. The summed E-state index contributed by atoms with van der Waals surface area (Å²) in [6, 6.07) is -2.00. The summed E-state index contributed by atoms with van der Waals surface area (Å²) in [6.45, 7) is 0.409. The first-order valence-corrected chi connectivity index (χ1v) is 4.32. The highest BCUT2D eigenvalue weighted by Crippen LogP contribution is 1.93. The lowest BCUT2D eigenvalue weighted by atomic mass is 10.1. The summed E-state index contributed by atoms with van der Waals surface area (Å²) in [6.07, 6.45) is 0.641. The number of primary amides is 1. The maximum Gasteiger partial charge on any atom is 0.338 e. The van der Waals surface area contributed by atoms with Gasteiger partial charge in [0.1, 0.15) is 0 Å². The SMILES string of the molecule is NC(=O)N[C@@H](CCC[NH+]=C(N)N)C(=O)[O-].O. The molecule has 16 heavy (non-hydrogen) atoms. The first kappa shape index (κ1) is 16.4. The van der Waals surface area contributed by atoms with Crippen molar-refractivity contribution in [3.8, 4) is 0 Å². The fraction of sp³-hybridized carbons (Fsp3) is 0.571. The van der Waals surface area contributed by atoms with Crippen LogP contribution in [0.3, 0.4) is 0 Å². The Morgan fingerprint density at radius 1 is 1.31 bits per heavy atom. The average Bonchev–Trinajstić information content (AvgIpc) is 2.08. The number of urea groups is 1. The van der Waals surface area contributed by atoms with Crippen LogP contribution in [0.4, 0.5) is 4.79 Å². The molecule has 9 heteroatoms. The number of carbonyl (C=O) groups excluding carboxylic acids is 2. The van der Waals surface area contributed by atoms with Gasteiger partial charge < -0.3 is 26.4 Å².